The van der Waals surface area contributed by atoms with Crippen LogP contribution in [-0.4, -0.2) is 25.8 Å². The van der Waals surface area contributed by atoms with Crippen molar-refractivity contribution in [3.63, 3.8) is 0 Å². The highest BCUT2D eigenvalue weighted by atomic mass is 16.1. The lowest BCUT2D eigenvalue weighted by atomic mass is 9.97. The monoisotopic (exact) mass is 365 g/mol. The first-order valence-corrected chi connectivity index (χ1v) is 8.77. The molecular weight excluding hydrogens is 350 g/mol. The quantitative estimate of drug-likeness (QED) is 0.506. The van der Waals surface area contributed by atoms with Crippen LogP contribution >= 0.6 is 0 Å². The molecule has 0 aliphatic rings. The fourth-order valence-electron chi connectivity index (χ4n) is 3.51. The topological polar surface area (TPSA) is 97.6 Å². The summed E-state index contributed by atoms with van der Waals surface area (Å²) in [6.07, 6.45) is 8.86. The van der Waals surface area contributed by atoms with Gasteiger partial charge in [0.2, 0.25) is 0 Å². The van der Waals surface area contributed by atoms with E-state index >= 15 is 0 Å². The molecule has 0 unspecified atom stereocenters. The summed E-state index contributed by atoms with van der Waals surface area (Å²) in [6, 6.07) is 13.8. The van der Waals surface area contributed by atoms with Gasteiger partial charge in [0, 0.05) is 41.1 Å². The minimum absolute atomic E-state index is 0.365. The van der Waals surface area contributed by atoms with Crippen molar-refractivity contribution >= 4 is 27.7 Å². The third kappa shape index (κ3) is 2.59. The number of fused-ring (bicyclic) bond motifs is 2. The summed E-state index contributed by atoms with van der Waals surface area (Å²) in [5, 5.41) is 1.94. The molecule has 4 heterocycles. The number of pyridine rings is 3. The Balaban J connectivity index is 1.75. The van der Waals surface area contributed by atoms with Gasteiger partial charge in [-0.05, 0) is 53.1 Å². The van der Waals surface area contributed by atoms with Crippen molar-refractivity contribution in [3.8, 4) is 22.3 Å². The van der Waals surface area contributed by atoms with Gasteiger partial charge >= 0.3 is 0 Å². The summed E-state index contributed by atoms with van der Waals surface area (Å²) < 4.78 is 0. The summed E-state index contributed by atoms with van der Waals surface area (Å²) in [4.78, 5) is 27.5. The zero-order valence-corrected chi connectivity index (χ0v) is 14.8. The highest BCUT2D eigenvalue weighted by molar-refractivity contribution is 6.04. The fourth-order valence-corrected chi connectivity index (χ4v) is 3.51. The molecular formula is C22H15N5O. The van der Waals surface area contributed by atoms with Crippen LogP contribution in [0.5, 0.6) is 0 Å². The van der Waals surface area contributed by atoms with E-state index in [1.807, 2.05) is 36.5 Å². The molecule has 0 bridgehead atoms. The Morgan fingerprint density at radius 3 is 2.50 bits per heavy atom. The number of rotatable bonds is 3. The van der Waals surface area contributed by atoms with E-state index in [1.165, 1.54) is 0 Å². The lowest BCUT2D eigenvalue weighted by molar-refractivity contribution is 0.0996. The summed E-state index contributed by atoms with van der Waals surface area (Å²) in [7, 11) is 0. The number of aromatic amines is 1. The SMILES string of the molecule is NC(=O)c1cc2c(-c3ccc4nccc(-c5ccncc5)c4c3)cncc2[nH]1. The van der Waals surface area contributed by atoms with Crippen molar-refractivity contribution < 1.29 is 4.79 Å². The number of carbonyl (C=O) groups excluding carboxylic acids is 1. The summed E-state index contributed by atoms with van der Waals surface area (Å²) >= 11 is 0. The van der Waals surface area contributed by atoms with Crippen molar-refractivity contribution in [2.75, 3.05) is 0 Å². The maximum absolute atomic E-state index is 11.6. The predicted molar refractivity (Wildman–Crippen MR) is 109 cm³/mol. The highest BCUT2D eigenvalue weighted by Gasteiger charge is 2.12. The van der Waals surface area contributed by atoms with Crippen LogP contribution in [-0.2, 0) is 0 Å². The molecule has 0 saturated heterocycles. The molecule has 5 rings (SSSR count). The van der Waals surface area contributed by atoms with Crippen molar-refractivity contribution in [2.45, 2.75) is 0 Å². The molecule has 0 fully saturated rings. The standard InChI is InChI=1S/C22H15N5O/c23-22(28)20-10-17-18(11-25-12-21(17)27-20)14-1-2-19-16(9-14)15(5-8-26-19)13-3-6-24-7-4-13/h1-12,27H,(H2,23,28). The summed E-state index contributed by atoms with van der Waals surface area (Å²) in [5.74, 6) is -0.496. The van der Waals surface area contributed by atoms with Crippen molar-refractivity contribution in [2.24, 2.45) is 5.73 Å². The van der Waals surface area contributed by atoms with Gasteiger partial charge in [-0.2, -0.15) is 0 Å². The molecule has 0 atom stereocenters. The zero-order chi connectivity index (χ0) is 19.1. The van der Waals surface area contributed by atoms with Crippen molar-refractivity contribution in [1.82, 2.24) is 19.9 Å². The smallest absolute Gasteiger partial charge is 0.265 e. The number of hydrogen-bond acceptors (Lipinski definition) is 4. The molecule has 0 spiro atoms. The van der Waals surface area contributed by atoms with E-state index in [9.17, 15) is 4.79 Å². The normalized spacial score (nSPS) is 11.1. The van der Waals surface area contributed by atoms with Crippen LogP contribution in [0.25, 0.3) is 44.1 Å². The second-order valence-corrected chi connectivity index (χ2v) is 6.52. The van der Waals surface area contributed by atoms with Gasteiger partial charge in [0.25, 0.3) is 5.91 Å². The minimum atomic E-state index is -0.496. The highest BCUT2D eigenvalue weighted by Crippen LogP contribution is 2.33. The molecule has 6 heteroatoms. The molecule has 5 aromatic rings. The maximum Gasteiger partial charge on any atom is 0.265 e. The number of carbonyl (C=O) groups is 1. The van der Waals surface area contributed by atoms with Gasteiger partial charge in [-0.15, -0.1) is 0 Å². The number of amides is 1. The average molecular weight is 365 g/mol. The first-order valence-electron chi connectivity index (χ1n) is 8.77. The van der Waals surface area contributed by atoms with Crippen LogP contribution in [0.2, 0.25) is 0 Å². The minimum Gasteiger partial charge on any atom is -0.364 e. The lowest BCUT2D eigenvalue weighted by Crippen LogP contribution is -2.10. The third-order valence-electron chi connectivity index (χ3n) is 4.85. The molecule has 1 aromatic carbocycles. The number of nitrogens with one attached hydrogen (secondary N) is 1. The van der Waals surface area contributed by atoms with E-state index < -0.39 is 5.91 Å². The molecule has 4 aromatic heterocycles. The van der Waals surface area contributed by atoms with Crippen LogP contribution in [0, 0.1) is 0 Å². The number of nitrogens with two attached hydrogens (primary N) is 1. The van der Waals surface area contributed by atoms with Gasteiger partial charge in [-0.3, -0.25) is 19.7 Å². The van der Waals surface area contributed by atoms with Crippen LogP contribution < -0.4 is 5.73 Å². The van der Waals surface area contributed by atoms with E-state index in [4.69, 9.17) is 5.73 Å². The second-order valence-electron chi connectivity index (χ2n) is 6.52. The van der Waals surface area contributed by atoms with E-state index in [0.29, 0.717) is 5.69 Å². The Morgan fingerprint density at radius 2 is 1.68 bits per heavy atom. The Hall–Kier alpha value is -4.06. The Morgan fingerprint density at radius 1 is 0.821 bits per heavy atom. The van der Waals surface area contributed by atoms with Crippen molar-refractivity contribution in [3.05, 3.63) is 79.1 Å². The second kappa shape index (κ2) is 6.28. The lowest BCUT2D eigenvalue weighted by Gasteiger charge is -2.09. The summed E-state index contributed by atoms with van der Waals surface area (Å²) in [6.45, 7) is 0. The number of aromatic nitrogens is 4. The first kappa shape index (κ1) is 16.1. The predicted octanol–water partition coefficient (Wildman–Crippen LogP) is 3.94. The fraction of sp³-hybridized carbons (Fsp3) is 0. The Bertz CT molecular complexity index is 1340. The van der Waals surface area contributed by atoms with Gasteiger partial charge in [0.15, 0.2) is 0 Å². The van der Waals surface area contributed by atoms with Gasteiger partial charge in [0.05, 0.1) is 17.2 Å². The molecule has 0 aliphatic carbocycles. The molecule has 0 aliphatic heterocycles. The number of primary amides is 1. The first-order chi connectivity index (χ1) is 13.7. The number of H-pyrrole nitrogens is 1. The average Bonchev–Trinajstić information content (AvgIpc) is 3.18. The molecule has 3 N–H and O–H groups in total. The molecule has 0 saturated carbocycles. The van der Waals surface area contributed by atoms with E-state index in [1.54, 1.807) is 30.9 Å². The van der Waals surface area contributed by atoms with Gasteiger partial charge in [0.1, 0.15) is 5.69 Å². The number of hydrogen-bond donors (Lipinski definition) is 2. The van der Waals surface area contributed by atoms with Gasteiger partial charge in [-0.1, -0.05) is 6.07 Å². The van der Waals surface area contributed by atoms with Gasteiger partial charge in [-0.25, -0.2) is 0 Å². The van der Waals surface area contributed by atoms with Crippen LogP contribution in [0.3, 0.4) is 0 Å². The molecule has 6 nitrogen and oxygen atoms in total. The van der Waals surface area contributed by atoms with Crippen LogP contribution in [0.1, 0.15) is 10.5 Å². The van der Waals surface area contributed by atoms with E-state index in [0.717, 1.165) is 44.1 Å². The number of nitrogens with zero attached hydrogens (tertiary/aromatic N) is 3. The van der Waals surface area contributed by atoms with Crippen LogP contribution in [0.4, 0.5) is 0 Å². The maximum atomic E-state index is 11.6. The Kier molecular flexibility index (Phi) is 3.62. The number of benzene rings is 1. The van der Waals surface area contributed by atoms with Crippen LogP contribution in [0.15, 0.2) is 73.4 Å². The molecule has 1 amide bonds. The summed E-state index contributed by atoms with van der Waals surface area (Å²) in [5.41, 5.74) is 11.5. The molecule has 28 heavy (non-hydrogen) atoms. The Labute approximate surface area is 160 Å². The largest absolute Gasteiger partial charge is 0.364 e. The van der Waals surface area contributed by atoms with Crippen molar-refractivity contribution in [1.29, 1.82) is 0 Å². The third-order valence-corrected chi connectivity index (χ3v) is 4.85. The zero-order valence-electron chi connectivity index (χ0n) is 14.8. The molecule has 134 valence electrons. The van der Waals surface area contributed by atoms with Gasteiger partial charge < -0.3 is 10.7 Å². The van der Waals surface area contributed by atoms with E-state index in [-0.39, 0.29) is 0 Å². The molecule has 0 radical (unpaired) electrons. The van der Waals surface area contributed by atoms with E-state index in [2.05, 4.69) is 26.0 Å².